The molecule has 158 valence electrons. The number of hydrogen-bond donors (Lipinski definition) is 0. The van der Waals surface area contributed by atoms with E-state index >= 15 is 0 Å². The second-order valence-electron chi connectivity index (χ2n) is 7.74. The molecule has 10 heteroatoms. The van der Waals surface area contributed by atoms with Gasteiger partial charge >= 0.3 is 7.12 Å². The normalized spacial score (nSPS) is 18.5. The molecular formula is C18H28BClO7S. The van der Waals surface area contributed by atoms with Gasteiger partial charge in [0, 0.05) is 12.1 Å². The summed E-state index contributed by atoms with van der Waals surface area (Å²) in [6.07, 6.45) is 1.99. The second kappa shape index (κ2) is 8.89. The van der Waals surface area contributed by atoms with Crippen molar-refractivity contribution in [2.24, 2.45) is 0 Å². The van der Waals surface area contributed by atoms with Crippen molar-refractivity contribution in [3.8, 4) is 5.75 Å². The topological polar surface area (TPSA) is 80.3 Å². The van der Waals surface area contributed by atoms with Crippen LogP contribution in [0.25, 0.3) is 0 Å². The van der Waals surface area contributed by atoms with Crippen molar-refractivity contribution >= 4 is 34.3 Å². The fraction of sp³-hybridized carbons (Fsp3) is 0.667. The van der Waals surface area contributed by atoms with Gasteiger partial charge in [0.05, 0.1) is 24.1 Å². The molecule has 0 bridgehead atoms. The molecule has 1 fully saturated rings. The Hall–Kier alpha value is -0.835. The van der Waals surface area contributed by atoms with Crippen molar-refractivity contribution in [3.05, 3.63) is 22.7 Å². The lowest BCUT2D eigenvalue weighted by Gasteiger charge is -2.32. The number of methoxy groups -OCH3 is 1. The Morgan fingerprint density at radius 1 is 1.14 bits per heavy atom. The maximum atomic E-state index is 11.2. The van der Waals surface area contributed by atoms with E-state index in [0.29, 0.717) is 23.6 Å². The summed E-state index contributed by atoms with van der Waals surface area (Å²) in [6, 6.07) is 3.52. The molecule has 28 heavy (non-hydrogen) atoms. The third kappa shape index (κ3) is 5.84. The highest BCUT2D eigenvalue weighted by Crippen LogP contribution is 2.37. The van der Waals surface area contributed by atoms with Crippen LogP contribution in [0.4, 0.5) is 0 Å². The first-order chi connectivity index (χ1) is 12.9. The van der Waals surface area contributed by atoms with Crippen LogP contribution >= 0.6 is 11.6 Å². The number of rotatable bonds is 9. The highest BCUT2D eigenvalue weighted by Gasteiger charge is 2.52. The number of benzene rings is 1. The number of halogens is 1. The highest BCUT2D eigenvalue weighted by atomic mass is 35.5. The van der Waals surface area contributed by atoms with Gasteiger partial charge in [0.1, 0.15) is 5.75 Å². The van der Waals surface area contributed by atoms with Crippen molar-refractivity contribution in [1.82, 2.24) is 0 Å². The van der Waals surface area contributed by atoms with Crippen LogP contribution in [0.2, 0.25) is 5.02 Å². The molecule has 1 heterocycles. The van der Waals surface area contributed by atoms with E-state index in [-0.39, 0.29) is 13.4 Å². The summed E-state index contributed by atoms with van der Waals surface area (Å²) in [5.41, 5.74) is 0.535. The van der Waals surface area contributed by atoms with Gasteiger partial charge in [-0.05, 0) is 63.7 Å². The van der Waals surface area contributed by atoms with Crippen LogP contribution in [-0.2, 0) is 34.8 Å². The van der Waals surface area contributed by atoms with Gasteiger partial charge in [0.15, 0.2) is 6.79 Å². The summed E-state index contributed by atoms with van der Waals surface area (Å²) >= 11 is 6.51. The molecule has 0 aliphatic carbocycles. The molecule has 1 aromatic rings. The quantitative estimate of drug-likeness (QED) is 0.256. The summed E-state index contributed by atoms with van der Waals surface area (Å²) in [4.78, 5) is 0. The lowest BCUT2D eigenvalue weighted by molar-refractivity contribution is 0.00578. The van der Waals surface area contributed by atoms with Crippen LogP contribution in [0.15, 0.2) is 12.1 Å². The first-order valence-electron chi connectivity index (χ1n) is 9.00. The Kier molecular flexibility index (Phi) is 7.45. The molecule has 2 rings (SSSR count). The summed E-state index contributed by atoms with van der Waals surface area (Å²) in [6.45, 7) is 8.04. The lowest BCUT2D eigenvalue weighted by atomic mass is 9.75. The largest absolute Gasteiger partial charge is 0.495 e. The van der Waals surface area contributed by atoms with Crippen molar-refractivity contribution in [2.45, 2.75) is 51.7 Å². The predicted octanol–water partition coefficient (Wildman–Crippen LogP) is 2.53. The van der Waals surface area contributed by atoms with E-state index in [4.69, 9.17) is 34.6 Å². The molecule has 0 atom stereocenters. The number of ether oxygens (including phenoxy) is 2. The maximum Gasteiger partial charge on any atom is 0.495 e. The molecule has 7 nitrogen and oxygen atoms in total. The molecule has 0 radical (unpaired) electrons. The molecule has 0 N–H and O–H groups in total. The van der Waals surface area contributed by atoms with E-state index in [1.165, 1.54) is 7.11 Å². The minimum atomic E-state index is -3.48. The third-order valence-electron chi connectivity index (χ3n) is 4.92. The van der Waals surface area contributed by atoms with Gasteiger partial charge in [-0.15, -0.1) is 0 Å². The fourth-order valence-electron chi connectivity index (χ4n) is 2.75. The minimum Gasteiger partial charge on any atom is -0.468 e. The summed E-state index contributed by atoms with van der Waals surface area (Å²) < 4.78 is 50.0. The molecule has 0 saturated carbocycles. The highest BCUT2D eigenvalue weighted by molar-refractivity contribution is 7.85. The Balaban J connectivity index is 2.30. The first-order valence-corrected chi connectivity index (χ1v) is 11.2. The van der Waals surface area contributed by atoms with Gasteiger partial charge in [0.25, 0.3) is 10.1 Å². The maximum absolute atomic E-state index is 11.2. The summed E-state index contributed by atoms with van der Waals surface area (Å²) in [7, 11) is -2.57. The standard InChI is InChI=1S/C18H28BClO7S/c1-17(2)18(3,4)27-19(26-17)15-10-13(24-12-23-5)11-16(20)14(15)8-7-9-25-28(6,21)22/h10-11H,7-9,12H2,1-6H3. The Bertz CT molecular complexity index is 779. The zero-order chi connectivity index (χ0) is 21.2. The SMILES string of the molecule is COCOc1cc(Cl)c(CCCOS(C)(=O)=O)c(B2OC(C)(C)C(C)(C)O2)c1. The smallest absolute Gasteiger partial charge is 0.468 e. The van der Waals surface area contributed by atoms with E-state index in [9.17, 15) is 8.42 Å². The van der Waals surface area contributed by atoms with Crippen molar-refractivity contribution in [2.75, 3.05) is 26.8 Å². The molecule has 1 saturated heterocycles. The van der Waals surface area contributed by atoms with Crippen molar-refractivity contribution in [1.29, 1.82) is 0 Å². The Labute approximate surface area is 172 Å². The van der Waals surface area contributed by atoms with Crippen molar-refractivity contribution < 1.29 is 31.4 Å². The van der Waals surface area contributed by atoms with Crippen LogP contribution in [0, 0.1) is 0 Å². The van der Waals surface area contributed by atoms with Gasteiger partial charge in [0.2, 0.25) is 0 Å². The van der Waals surface area contributed by atoms with Gasteiger partial charge in [-0.1, -0.05) is 11.6 Å². The van der Waals surface area contributed by atoms with Crippen LogP contribution in [-0.4, -0.2) is 53.5 Å². The molecule has 1 aromatic carbocycles. The molecular weight excluding hydrogens is 407 g/mol. The minimum absolute atomic E-state index is 0.0693. The van der Waals surface area contributed by atoms with Gasteiger partial charge < -0.3 is 18.8 Å². The molecule has 0 aromatic heterocycles. The molecule has 0 unspecified atom stereocenters. The first kappa shape index (κ1) is 23.4. The van der Waals surface area contributed by atoms with Gasteiger partial charge in [-0.2, -0.15) is 8.42 Å². The Morgan fingerprint density at radius 2 is 1.75 bits per heavy atom. The van der Waals surface area contributed by atoms with Gasteiger partial charge in [-0.3, -0.25) is 4.18 Å². The van der Waals surface area contributed by atoms with E-state index in [1.807, 2.05) is 33.8 Å². The summed E-state index contributed by atoms with van der Waals surface area (Å²) in [5, 5.41) is 0.484. The van der Waals surface area contributed by atoms with E-state index in [0.717, 1.165) is 17.3 Å². The predicted molar refractivity (Wildman–Crippen MR) is 109 cm³/mol. The average molecular weight is 435 g/mol. The molecule has 0 amide bonds. The second-order valence-corrected chi connectivity index (χ2v) is 9.79. The molecule has 0 spiro atoms. The van der Waals surface area contributed by atoms with Crippen molar-refractivity contribution in [3.63, 3.8) is 0 Å². The zero-order valence-electron chi connectivity index (χ0n) is 17.2. The zero-order valence-corrected chi connectivity index (χ0v) is 18.8. The van der Waals surface area contributed by atoms with Crippen LogP contribution < -0.4 is 10.2 Å². The third-order valence-corrected chi connectivity index (χ3v) is 5.85. The number of hydrogen-bond acceptors (Lipinski definition) is 7. The van der Waals surface area contributed by atoms with E-state index in [1.54, 1.807) is 6.07 Å². The monoisotopic (exact) mass is 434 g/mol. The fourth-order valence-corrected chi connectivity index (χ4v) is 3.48. The molecule has 1 aliphatic rings. The average Bonchev–Trinajstić information content (AvgIpc) is 2.77. The molecule has 1 aliphatic heterocycles. The van der Waals surface area contributed by atoms with Crippen LogP contribution in [0.3, 0.4) is 0 Å². The summed E-state index contributed by atoms with van der Waals surface area (Å²) in [5.74, 6) is 0.535. The van der Waals surface area contributed by atoms with E-state index in [2.05, 4.69) is 0 Å². The van der Waals surface area contributed by atoms with E-state index < -0.39 is 28.4 Å². The van der Waals surface area contributed by atoms with Crippen LogP contribution in [0.1, 0.15) is 39.7 Å². The lowest BCUT2D eigenvalue weighted by Crippen LogP contribution is -2.41. The van der Waals surface area contributed by atoms with Crippen LogP contribution in [0.5, 0.6) is 5.75 Å². The Morgan fingerprint density at radius 3 is 2.29 bits per heavy atom. The van der Waals surface area contributed by atoms with Gasteiger partial charge in [-0.25, -0.2) is 0 Å².